The first-order valence-corrected chi connectivity index (χ1v) is 10.3. The van der Waals surface area contributed by atoms with Crippen LogP contribution in [0.5, 0.6) is 0 Å². The van der Waals surface area contributed by atoms with Crippen LogP contribution < -0.4 is 5.32 Å². The molecule has 152 valence electrons. The first-order valence-electron chi connectivity index (χ1n) is 10.3. The van der Waals surface area contributed by atoms with Gasteiger partial charge in [0.15, 0.2) is 0 Å². The third kappa shape index (κ3) is 4.36. The van der Waals surface area contributed by atoms with E-state index in [-0.39, 0.29) is 11.9 Å². The number of hydrogen-bond donors (Lipinski definition) is 1. The van der Waals surface area contributed by atoms with Gasteiger partial charge in [0.05, 0.1) is 19.3 Å². The Kier molecular flexibility index (Phi) is 5.97. The number of hydrogen-bond acceptors (Lipinski definition) is 3. The monoisotopic (exact) mass is 391 g/mol. The molecule has 1 N–H and O–H groups in total. The number of nitrogens with zero attached hydrogens (tertiary/aromatic N) is 2. The zero-order valence-electron chi connectivity index (χ0n) is 17.2. The van der Waals surface area contributed by atoms with Gasteiger partial charge in [-0.2, -0.15) is 0 Å². The van der Waals surface area contributed by atoms with Crippen LogP contribution in [0.25, 0.3) is 10.9 Å². The number of para-hydroxylation sites is 1. The van der Waals surface area contributed by atoms with Crippen LogP contribution in [0.1, 0.15) is 21.6 Å². The molecule has 4 rings (SSSR count). The zero-order chi connectivity index (χ0) is 20.2. The summed E-state index contributed by atoms with van der Waals surface area (Å²) < 4.78 is 7.84. The fourth-order valence-electron chi connectivity index (χ4n) is 4.16. The second kappa shape index (κ2) is 8.80. The van der Waals surface area contributed by atoms with Crippen molar-refractivity contribution >= 4 is 16.8 Å². The van der Waals surface area contributed by atoms with Crippen LogP contribution in [0.4, 0.5) is 0 Å². The molecule has 1 aliphatic heterocycles. The quantitative estimate of drug-likeness (QED) is 0.701. The summed E-state index contributed by atoms with van der Waals surface area (Å²) in [7, 11) is 0. The Morgan fingerprint density at radius 1 is 1.00 bits per heavy atom. The maximum Gasteiger partial charge on any atom is 0.251 e. The van der Waals surface area contributed by atoms with Crippen LogP contribution in [-0.2, 0) is 11.3 Å². The van der Waals surface area contributed by atoms with Crippen molar-refractivity contribution in [1.29, 1.82) is 0 Å². The molecule has 1 atom stereocenters. The van der Waals surface area contributed by atoms with Crippen molar-refractivity contribution in [3.63, 3.8) is 0 Å². The Bertz CT molecular complexity index is 974. The molecule has 0 spiro atoms. The van der Waals surface area contributed by atoms with Crippen LogP contribution in [-0.4, -0.2) is 54.3 Å². The SMILES string of the molecule is Cc1c(C)n(CC(CN2CCOCC2)NC(=O)c2ccccc2)c2ccccc12. The highest BCUT2D eigenvalue weighted by molar-refractivity contribution is 5.94. The minimum absolute atomic E-state index is 0.00899. The Hall–Kier alpha value is -2.63. The average molecular weight is 392 g/mol. The average Bonchev–Trinajstić information content (AvgIpc) is 3.00. The number of amides is 1. The van der Waals surface area contributed by atoms with Crippen molar-refractivity contribution in [3.05, 3.63) is 71.4 Å². The Morgan fingerprint density at radius 2 is 1.69 bits per heavy atom. The molecule has 3 aromatic rings. The van der Waals surface area contributed by atoms with E-state index in [1.165, 1.54) is 22.2 Å². The zero-order valence-corrected chi connectivity index (χ0v) is 17.2. The summed E-state index contributed by atoms with van der Waals surface area (Å²) >= 11 is 0. The van der Waals surface area contributed by atoms with Crippen LogP contribution in [0.15, 0.2) is 54.6 Å². The number of rotatable bonds is 6. The first kappa shape index (κ1) is 19.7. The number of nitrogens with one attached hydrogen (secondary N) is 1. The van der Waals surface area contributed by atoms with E-state index in [1.54, 1.807) is 0 Å². The summed E-state index contributed by atoms with van der Waals surface area (Å²) in [6.07, 6.45) is 0. The van der Waals surface area contributed by atoms with Crippen molar-refractivity contribution < 1.29 is 9.53 Å². The predicted octanol–water partition coefficient (Wildman–Crippen LogP) is 3.39. The Labute approximate surface area is 172 Å². The molecule has 2 heterocycles. The van der Waals surface area contributed by atoms with E-state index in [9.17, 15) is 4.79 Å². The smallest absolute Gasteiger partial charge is 0.251 e. The second-order valence-electron chi connectivity index (χ2n) is 7.79. The second-order valence-corrected chi connectivity index (χ2v) is 7.79. The van der Waals surface area contributed by atoms with E-state index in [2.05, 4.69) is 52.9 Å². The number of ether oxygens (including phenoxy) is 1. The van der Waals surface area contributed by atoms with E-state index in [0.29, 0.717) is 5.56 Å². The number of morpholine rings is 1. The normalized spacial score (nSPS) is 16.1. The molecular formula is C24H29N3O2. The van der Waals surface area contributed by atoms with E-state index in [0.717, 1.165) is 39.4 Å². The number of benzene rings is 2. The van der Waals surface area contributed by atoms with Gasteiger partial charge in [0.1, 0.15) is 0 Å². The molecule has 0 radical (unpaired) electrons. The van der Waals surface area contributed by atoms with Gasteiger partial charge in [-0.1, -0.05) is 36.4 Å². The van der Waals surface area contributed by atoms with Gasteiger partial charge >= 0.3 is 0 Å². The standard InChI is InChI=1S/C24H29N3O2/c1-18-19(2)27(23-11-7-6-10-22(18)23)17-21(16-26-12-14-29-15-13-26)25-24(28)20-8-4-3-5-9-20/h3-11,21H,12-17H2,1-2H3,(H,25,28). The molecule has 29 heavy (non-hydrogen) atoms. The molecule has 0 saturated carbocycles. The van der Waals surface area contributed by atoms with Crippen LogP contribution in [0, 0.1) is 13.8 Å². The predicted molar refractivity (Wildman–Crippen MR) is 116 cm³/mol. The van der Waals surface area contributed by atoms with Gasteiger partial charge in [-0.3, -0.25) is 9.69 Å². The number of fused-ring (bicyclic) bond motifs is 1. The van der Waals surface area contributed by atoms with E-state index in [1.807, 2.05) is 30.3 Å². The van der Waals surface area contributed by atoms with Gasteiger partial charge in [0, 0.05) is 48.3 Å². The molecule has 0 aliphatic carbocycles. The van der Waals surface area contributed by atoms with Gasteiger partial charge in [0.25, 0.3) is 5.91 Å². The Balaban J connectivity index is 1.60. The topological polar surface area (TPSA) is 46.5 Å². The fraction of sp³-hybridized carbons (Fsp3) is 0.375. The number of aryl methyl sites for hydroxylation is 1. The highest BCUT2D eigenvalue weighted by Gasteiger charge is 2.22. The molecule has 1 saturated heterocycles. The minimum Gasteiger partial charge on any atom is -0.379 e. The molecule has 1 aromatic heterocycles. The van der Waals surface area contributed by atoms with Crippen molar-refractivity contribution in [1.82, 2.24) is 14.8 Å². The van der Waals surface area contributed by atoms with E-state index >= 15 is 0 Å². The van der Waals surface area contributed by atoms with Gasteiger partial charge in [-0.15, -0.1) is 0 Å². The molecule has 0 bridgehead atoms. The summed E-state index contributed by atoms with van der Waals surface area (Å²) in [6.45, 7) is 9.22. The molecule has 5 nitrogen and oxygen atoms in total. The van der Waals surface area contributed by atoms with Crippen LogP contribution >= 0.6 is 0 Å². The van der Waals surface area contributed by atoms with Crippen LogP contribution in [0.3, 0.4) is 0 Å². The molecule has 1 aliphatic rings. The molecule has 2 aromatic carbocycles. The third-order valence-electron chi connectivity index (χ3n) is 5.90. The maximum absolute atomic E-state index is 12.9. The van der Waals surface area contributed by atoms with Gasteiger partial charge in [-0.05, 0) is 37.6 Å². The van der Waals surface area contributed by atoms with Crippen molar-refractivity contribution in [2.45, 2.75) is 26.4 Å². The lowest BCUT2D eigenvalue weighted by Crippen LogP contribution is -2.49. The number of aromatic nitrogens is 1. The first-order chi connectivity index (χ1) is 14.1. The minimum atomic E-state index is -0.0188. The lowest BCUT2D eigenvalue weighted by molar-refractivity contribution is 0.0325. The summed E-state index contributed by atoms with van der Waals surface area (Å²) in [6, 6.07) is 18.0. The van der Waals surface area contributed by atoms with Crippen molar-refractivity contribution in [3.8, 4) is 0 Å². The van der Waals surface area contributed by atoms with Gasteiger partial charge < -0.3 is 14.6 Å². The molecule has 1 amide bonds. The van der Waals surface area contributed by atoms with Crippen LogP contribution in [0.2, 0.25) is 0 Å². The number of carbonyl (C=O) groups excluding carboxylic acids is 1. The number of carbonyl (C=O) groups is 1. The summed E-state index contributed by atoms with van der Waals surface area (Å²) in [5.41, 5.74) is 4.49. The molecule has 5 heteroatoms. The molecule has 1 unspecified atom stereocenters. The summed E-state index contributed by atoms with van der Waals surface area (Å²) in [5, 5.41) is 4.57. The maximum atomic E-state index is 12.9. The van der Waals surface area contributed by atoms with Gasteiger partial charge in [0.2, 0.25) is 0 Å². The lowest BCUT2D eigenvalue weighted by atomic mass is 10.1. The van der Waals surface area contributed by atoms with Gasteiger partial charge in [-0.25, -0.2) is 0 Å². The fourth-order valence-corrected chi connectivity index (χ4v) is 4.16. The lowest BCUT2D eigenvalue weighted by Gasteiger charge is -2.31. The summed E-state index contributed by atoms with van der Waals surface area (Å²) in [5.74, 6) is -0.0188. The third-order valence-corrected chi connectivity index (χ3v) is 5.90. The van der Waals surface area contributed by atoms with E-state index < -0.39 is 0 Å². The highest BCUT2D eigenvalue weighted by Crippen LogP contribution is 2.25. The van der Waals surface area contributed by atoms with Crippen molar-refractivity contribution in [2.75, 3.05) is 32.8 Å². The summed E-state index contributed by atoms with van der Waals surface area (Å²) in [4.78, 5) is 15.3. The highest BCUT2D eigenvalue weighted by atomic mass is 16.5. The van der Waals surface area contributed by atoms with Crippen molar-refractivity contribution in [2.24, 2.45) is 0 Å². The Morgan fingerprint density at radius 3 is 2.45 bits per heavy atom. The molecular weight excluding hydrogens is 362 g/mol. The van der Waals surface area contributed by atoms with E-state index in [4.69, 9.17) is 4.74 Å². The molecule has 1 fully saturated rings. The largest absolute Gasteiger partial charge is 0.379 e.